The fourth-order valence-corrected chi connectivity index (χ4v) is 2.14. The maximum absolute atomic E-state index is 11.3. The monoisotopic (exact) mass is 275 g/mol. The Kier molecular flexibility index (Phi) is 3.53. The zero-order valence-electron chi connectivity index (χ0n) is 10.5. The summed E-state index contributed by atoms with van der Waals surface area (Å²) < 4.78 is 0. The van der Waals surface area contributed by atoms with E-state index >= 15 is 0 Å². The maximum atomic E-state index is 11.3. The van der Waals surface area contributed by atoms with E-state index in [4.69, 9.17) is 10.8 Å². The number of carboxylic acid groups (broad SMARTS) is 1. The molecular weight excluding hydrogens is 262 g/mol. The van der Waals surface area contributed by atoms with Crippen molar-refractivity contribution in [1.29, 1.82) is 0 Å². The third-order valence-electron chi connectivity index (χ3n) is 3.09. The van der Waals surface area contributed by atoms with Gasteiger partial charge in [-0.3, -0.25) is 14.9 Å². The van der Waals surface area contributed by atoms with Crippen LogP contribution in [0.2, 0.25) is 0 Å². The van der Waals surface area contributed by atoms with Crippen molar-refractivity contribution in [3.05, 3.63) is 46.1 Å². The zero-order chi connectivity index (χ0) is 14.9. The van der Waals surface area contributed by atoms with Gasteiger partial charge < -0.3 is 15.8 Å². The van der Waals surface area contributed by atoms with Gasteiger partial charge in [-0.25, -0.2) is 0 Å². The molecule has 7 heteroatoms. The molecule has 20 heavy (non-hydrogen) atoms. The Hall–Kier alpha value is -2.67. The van der Waals surface area contributed by atoms with Gasteiger partial charge in [0.05, 0.1) is 21.4 Å². The van der Waals surface area contributed by atoms with Crippen molar-refractivity contribution in [2.24, 2.45) is 5.73 Å². The Bertz CT molecular complexity index is 705. The van der Waals surface area contributed by atoms with Crippen LogP contribution in [0.1, 0.15) is 11.1 Å². The Morgan fingerprint density at radius 2 is 2.30 bits per heavy atom. The molecule has 0 bridgehead atoms. The predicted molar refractivity (Wildman–Crippen MR) is 74.4 cm³/mol. The summed E-state index contributed by atoms with van der Waals surface area (Å²) in [6.07, 6.45) is 2.95. The predicted octanol–water partition coefficient (Wildman–Crippen LogP) is 1.67. The lowest BCUT2D eigenvalue weighted by Crippen LogP contribution is -2.32. The third-order valence-corrected chi connectivity index (χ3v) is 3.09. The SMILES string of the molecule is C=Cc1ccc2[nH]cc(CC(N)C(=O)O)c2c1[N+](=O)[O-]. The van der Waals surface area contributed by atoms with Gasteiger partial charge in [-0.2, -0.15) is 0 Å². The Morgan fingerprint density at radius 1 is 1.60 bits per heavy atom. The lowest BCUT2D eigenvalue weighted by molar-refractivity contribution is -0.383. The van der Waals surface area contributed by atoms with Crippen LogP contribution in [0.3, 0.4) is 0 Å². The number of hydrogen-bond acceptors (Lipinski definition) is 4. The number of carbonyl (C=O) groups is 1. The first-order chi connectivity index (χ1) is 9.45. The van der Waals surface area contributed by atoms with Crippen molar-refractivity contribution in [1.82, 2.24) is 4.98 Å². The molecule has 1 aromatic heterocycles. The van der Waals surface area contributed by atoms with Crippen LogP contribution < -0.4 is 5.73 Å². The summed E-state index contributed by atoms with van der Waals surface area (Å²) in [6.45, 7) is 3.55. The molecule has 0 radical (unpaired) electrons. The number of benzene rings is 1. The summed E-state index contributed by atoms with van der Waals surface area (Å²) in [5.74, 6) is -1.15. The third kappa shape index (κ3) is 2.26. The van der Waals surface area contributed by atoms with Gasteiger partial charge in [0.25, 0.3) is 5.69 Å². The summed E-state index contributed by atoms with van der Waals surface area (Å²) in [5, 5.41) is 20.5. The van der Waals surface area contributed by atoms with Gasteiger partial charge in [-0.15, -0.1) is 0 Å². The second-order valence-corrected chi connectivity index (χ2v) is 4.35. The minimum atomic E-state index is -1.15. The number of nitrogens with two attached hydrogens (primary N) is 1. The quantitative estimate of drug-likeness (QED) is 0.566. The van der Waals surface area contributed by atoms with Crippen LogP contribution in [0.4, 0.5) is 5.69 Å². The first-order valence-corrected chi connectivity index (χ1v) is 5.84. The number of carboxylic acids is 1. The largest absolute Gasteiger partial charge is 0.480 e. The molecule has 104 valence electrons. The van der Waals surface area contributed by atoms with Crippen LogP contribution in [0.25, 0.3) is 17.0 Å². The first-order valence-electron chi connectivity index (χ1n) is 5.84. The number of hydrogen-bond donors (Lipinski definition) is 3. The van der Waals surface area contributed by atoms with E-state index < -0.39 is 16.9 Å². The number of nitro groups is 1. The number of nitrogens with zero attached hydrogens (tertiary/aromatic N) is 1. The summed E-state index contributed by atoms with van der Waals surface area (Å²) in [5.41, 5.74) is 6.85. The standard InChI is InChI=1S/C13H13N3O4/c1-2-7-3-4-10-11(12(7)16(19)20)8(6-15-10)5-9(14)13(17)18/h2-4,6,9,15H,1,5,14H2,(H,17,18). The molecule has 0 spiro atoms. The van der Waals surface area contributed by atoms with Gasteiger partial charge in [0, 0.05) is 12.6 Å². The maximum Gasteiger partial charge on any atom is 0.320 e. The van der Waals surface area contributed by atoms with Gasteiger partial charge in [-0.1, -0.05) is 12.7 Å². The summed E-state index contributed by atoms with van der Waals surface area (Å²) in [6, 6.07) is 2.17. The summed E-state index contributed by atoms with van der Waals surface area (Å²) in [7, 11) is 0. The molecule has 7 nitrogen and oxygen atoms in total. The fourth-order valence-electron chi connectivity index (χ4n) is 2.14. The number of nitrogens with one attached hydrogen (secondary N) is 1. The highest BCUT2D eigenvalue weighted by atomic mass is 16.6. The number of nitro benzene ring substituents is 1. The summed E-state index contributed by atoms with van der Waals surface area (Å²) >= 11 is 0. The average molecular weight is 275 g/mol. The van der Waals surface area contributed by atoms with Crippen LogP contribution in [-0.2, 0) is 11.2 Å². The number of rotatable bonds is 5. The lowest BCUT2D eigenvalue weighted by atomic mass is 10.0. The van der Waals surface area contributed by atoms with E-state index in [0.29, 0.717) is 22.0 Å². The zero-order valence-corrected chi connectivity index (χ0v) is 10.5. The molecule has 0 fully saturated rings. The minimum absolute atomic E-state index is 0.0107. The summed E-state index contributed by atoms with van der Waals surface area (Å²) in [4.78, 5) is 24.5. The Balaban J connectivity index is 2.65. The van der Waals surface area contributed by atoms with E-state index in [0.717, 1.165) is 0 Å². The first kappa shape index (κ1) is 13.8. The molecule has 4 N–H and O–H groups in total. The number of aromatic amines is 1. The normalized spacial score (nSPS) is 12.2. The molecule has 1 heterocycles. The highest BCUT2D eigenvalue weighted by molar-refractivity contribution is 5.96. The molecular formula is C13H13N3O4. The van der Waals surface area contributed by atoms with Crippen molar-refractivity contribution < 1.29 is 14.8 Å². The van der Waals surface area contributed by atoms with Crippen LogP contribution in [0.5, 0.6) is 0 Å². The van der Waals surface area contributed by atoms with Gasteiger partial charge in [0.2, 0.25) is 0 Å². The molecule has 0 aliphatic carbocycles. The smallest absolute Gasteiger partial charge is 0.320 e. The van der Waals surface area contributed by atoms with E-state index in [2.05, 4.69) is 11.6 Å². The lowest BCUT2D eigenvalue weighted by Gasteiger charge is -2.06. The van der Waals surface area contributed by atoms with E-state index in [1.807, 2.05) is 0 Å². The molecule has 2 aromatic rings. The molecule has 0 amide bonds. The molecule has 0 saturated heterocycles. The second kappa shape index (κ2) is 5.14. The van der Waals surface area contributed by atoms with E-state index in [-0.39, 0.29) is 12.1 Å². The average Bonchev–Trinajstić information content (AvgIpc) is 2.80. The van der Waals surface area contributed by atoms with Crippen molar-refractivity contribution in [3.8, 4) is 0 Å². The van der Waals surface area contributed by atoms with Gasteiger partial charge in [0.1, 0.15) is 6.04 Å². The van der Waals surface area contributed by atoms with Crippen LogP contribution in [-0.4, -0.2) is 27.0 Å². The fraction of sp³-hybridized carbons (Fsp3) is 0.154. The molecule has 1 unspecified atom stereocenters. The van der Waals surface area contributed by atoms with Crippen LogP contribution >= 0.6 is 0 Å². The topological polar surface area (TPSA) is 122 Å². The molecule has 1 aromatic carbocycles. The molecule has 1 atom stereocenters. The second-order valence-electron chi connectivity index (χ2n) is 4.35. The van der Waals surface area contributed by atoms with Gasteiger partial charge in [-0.05, 0) is 17.7 Å². The van der Waals surface area contributed by atoms with Gasteiger partial charge in [0.15, 0.2) is 0 Å². The van der Waals surface area contributed by atoms with Crippen LogP contribution in [0.15, 0.2) is 24.9 Å². The molecule has 0 aliphatic heterocycles. The highest BCUT2D eigenvalue weighted by Crippen LogP contribution is 2.33. The molecule has 0 aliphatic rings. The van der Waals surface area contributed by atoms with Crippen molar-refractivity contribution in [3.63, 3.8) is 0 Å². The van der Waals surface area contributed by atoms with Crippen molar-refractivity contribution >= 4 is 28.6 Å². The van der Waals surface area contributed by atoms with E-state index in [9.17, 15) is 14.9 Å². The Labute approximate surface area is 113 Å². The number of aliphatic carboxylic acids is 1. The minimum Gasteiger partial charge on any atom is -0.480 e. The molecule has 0 saturated carbocycles. The van der Waals surface area contributed by atoms with Crippen molar-refractivity contribution in [2.75, 3.05) is 0 Å². The number of H-pyrrole nitrogens is 1. The van der Waals surface area contributed by atoms with E-state index in [1.165, 1.54) is 6.08 Å². The number of aromatic nitrogens is 1. The highest BCUT2D eigenvalue weighted by Gasteiger charge is 2.23. The van der Waals surface area contributed by atoms with Crippen molar-refractivity contribution in [2.45, 2.75) is 12.5 Å². The van der Waals surface area contributed by atoms with Gasteiger partial charge >= 0.3 is 5.97 Å². The number of fused-ring (bicyclic) bond motifs is 1. The Morgan fingerprint density at radius 3 is 2.85 bits per heavy atom. The van der Waals surface area contributed by atoms with E-state index in [1.54, 1.807) is 18.3 Å². The van der Waals surface area contributed by atoms with Crippen LogP contribution in [0, 0.1) is 10.1 Å². The molecule has 2 rings (SSSR count).